The van der Waals surface area contributed by atoms with Gasteiger partial charge >= 0.3 is 0 Å². The number of rotatable bonds is 3. The molecule has 3 aromatic rings. The van der Waals surface area contributed by atoms with E-state index in [1.54, 1.807) is 24.7 Å². The monoisotopic (exact) mass is 356 g/mol. The number of amides is 1. The Bertz CT molecular complexity index is 1040. The van der Waals surface area contributed by atoms with Crippen LogP contribution in [0.2, 0.25) is 0 Å². The highest BCUT2D eigenvalue weighted by Crippen LogP contribution is 2.40. The van der Waals surface area contributed by atoms with E-state index in [0.717, 1.165) is 41.6 Å². The van der Waals surface area contributed by atoms with Crippen LogP contribution >= 0.6 is 0 Å². The van der Waals surface area contributed by atoms with E-state index in [0.29, 0.717) is 28.2 Å². The van der Waals surface area contributed by atoms with Crippen molar-refractivity contribution in [2.24, 2.45) is 7.05 Å². The Balaban J connectivity index is 1.87. The first kappa shape index (κ1) is 16.6. The van der Waals surface area contributed by atoms with E-state index in [1.807, 2.05) is 0 Å². The molecule has 0 unspecified atom stereocenters. The largest absolute Gasteiger partial charge is 0.309 e. The lowest BCUT2D eigenvalue weighted by molar-refractivity contribution is 0.0993. The van der Waals surface area contributed by atoms with Gasteiger partial charge in [0.2, 0.25) is 0 Å². The van der Waals surface area contributed by atoms with E-state index in [-0.39, 0.29) is 5.69 Å². The van der Waals surface area contributed by atoms with E-state index < -0.39 is 17.5 Å². The normalized spacial score (nSPS) is 14.0. The third-order valence-electron chi connectivity index (χ3n) is 4.79. The average molecular weight is 356 g/mol. The lowest BCUT2D eigenvalue weighted by Gasteiger charge is -2.19. The predicted molar refractivity (Wildman–Crippen MR) is 94.3 cm³/mol. The molecule has 0 aliphatic heterocycles. The van der Waals surface area contributed by atoms with Crippen LogP contribution in [0, 0.1) is 18.6 Å². The molecule has 5 nitrogen and oxygen atoms in total. The number of halogens is 2. The van der Waals surface area contributed by atoms with Gasteiger partial charge in [0.05, 0.1) is 22.3 Å². The van der Waals surface area contributed by atoms with Gasteiger partial charge in [0.1, 0.15) is 11.6 Å². The summed E-state index contributed by atoms with van der Waals surface area (Å²) in [6, 6.07) is 4.83. The summed E-state index contributed by atoms with van der Waals surface area (Å²) in [6.45, 7) is 1.81. The van der Waals surface area contributed by atoms with Crippen LogP contribution in [0.4, 0.5) is 14.5 Å². The molecule has 0 radical (unpaired) electrons. The number of anilines is 1. The molecule has 0 spiro atoms. The van der Waals surface area contributed by atoms with Crippen LogP contribution < -0.4 is 4.90 Å². The quantitative estimate of drug-likeness (QED) is 0.719. The molecule has 134 valence electrons. The van der Waals surface area contributed by atoms with Crippen LogP contribution in [-0.2, 0) is 7.05 Å². The van der Waals surface area contributed by atoms with Crippen molar-refractivity contribution in [2.45, 2.75) is 25.7 Å². The molecular weight excluding hydrogens is 338 g/mol. The van der Waals surface area contributed by atoms with E-state index in [1.165, 1.54) is 7.05 Å². The first-order valence-corrected chi connectivity index (χ1v) is 8.44. The molecule has 1 aliphatic rings. The molecule has 26 heavy (non-hydrogen) atoms. The summed E-state index contributed by atoms with van der Waals surface area (Å²) in [5.41, 5.74) is 2.46. The Labute approximate surface area is 149 Å². The maximum atomic E-state index is 14.1. The fraction of sp³-hybridized carbons (Fsp3) is 0.316. The lowest BCUT2D eigenvalue weighted by Crippen LogP contribution is -2.27. The Morgan fingerprint density at radius 3 is 2.69 bits per heavy atom. The van der Waals surface area contributed by atoms with E-state index >= 15 is 0 Å². The number of carbonyl (C=O) groups excluding carboxylic acids is 1. The Morgan fingerprint density at radius 1 is 1.27 bits per heavy atom. The number of fused-ring (bicyclic) bond motifs is 1. The highest BCUT2D eigenvalue weighted by molar-refractivity contribution is 6.13. The second-order valence-electron chi connectivity index (χ2n) is 6.74. The van der Waals surface area contributed by atoms with Crippen LogP contribution in [0.3, 0.4) is 0 Å². The minimum atomic E-state index is -0.655. The van der Waals surface area contributed by atoms with Crippen molar-refractivity contribution < 1.29 is 13.6 Å². The molecule has 1 fully saturated rings. The molecule has 0 saturated heterocycles. The van der Waals surface area contributed by atoms with Gasteiger partial charge in [-0.05, 0) is 38.0 Å². The molecule has 0 bridgehead atoms. The Hall–Kier alpha value is -2.83. The fourth-order valence-corrected chi connectivity index (χ4v) is 3.25. The summed E-state index contributed by atoms with van der Waals surface area (Å²) in [7, 11) is 3.22. The standard InChI is InChI=1S/C19H18F2N4O/c1-10-17-13(9-15(11-4-5-11)22-18(17)25(3)23-10)19(26)24(2)16-8-12(20)6-7-14(16)21/h6-9,11H,4-5H2,1-3H3. The van der Waals surface area contributed by atoms with Gasteiger partial charge in [-0.3, -0.25) is 9.48 Å². The van der Waals surface area contributed by atoms with Gasteiger partial charge in [0.15, 0.2) is 5.65 Å². The van der Waals surface area contributed by atoms with Crippen molar-refractivity contribution in [3.8, 4) is 0 Å². The molecule has 1 amide bonds. The van der Waals surface area contributed by atoms with Crippen LogP contribution in [0.5, 0.6) is 0 Å². The van der Waals surface area contributed by atoms with E-state index in [2.05, 4.69) is 10.1 Å². The molecule has 0 N–H and O–H groups in total. The topological polar surface area (TPSA) is 51.0 Å². The van der Waals surface area contributed by atoms with Crippen molar-refractivity contribution in [1.82, 2.24) is 14.8 Å². The summed E-state index contributed by atoms with van der Waals surface area (Å²) in [5.74, 6) is -1.33. The zero-order chi connectivity index (χ0) is 18.6. The average Bonchev–Trinajstić information content (AvgIpc) is 3.42. The molecule has 1 aliphatic carbocycles. The minimum Gasteiger partial charge on any atom is -0.309 e. The summed E-state index contributed by atoms with van der Waals surface area (Å²) in [4.78, 5) is 18.9. The SMILES string of the molecule is Cc1nn(C)c2nc(C3CC3)cc(C(=O)N(C)c3cc(F)ccc3F)c12. The summed E-state index contributed by atoms with van der Waals surface area (Å²) in [5, 5.41) is 5.01. The Kier molecular flexibility index (Phi) is 3.75. The van der Waals surface area contributed by atoms with Crippen LogP contribution in [0.1, 0.15) is 40.5 Å². The number of nitrogens with zero attached hydrogens (tertiary/aromatic N) is 4. The summed E-state index contributed by atoms with van der Waals surface area (Å²) in [6.07, 6.45) is 2.08. The fourth-order valence-electron chi connectivity index (χ4n) is 3.25. The van der Waals surface area contributed by atoms with Gasteiger partial charge in [-0.2, -0.15) is 5.10 Å². The zero-order valence-electron chi connectivity index (χ0n) is 14.8. The smallest absolute Gasteiger partial charge is 0.258 e. The number of hydrogen-bond donors (Lipinski definition) is 0. The molecule has 0 atom stereocenters. The highest BCUT2D eigenvalue weighted by atomic mass is 19.1. The zero-order valence-corrected chi connectivity index (χ0v) is 14.8. The number of benzene rings is 1. The summed E-state index contributed by atoms with van der Waals surface area (Å²) >= 11 is 0. The van der Waals surface area contributed by atoms with Crippen LogP contribution in [0.15, 0.2) is 24.3 Å². The predicted octanol–water partition coefficient (Wildman–Crippen LogP) is 3.71. The van der Waals surface area contributed by atoms with Gasteiger partial charge in [-0.1, -0.05) is 0 Å². The third-order valence-corrected chi connectivity index (χ3v) is 4.79. The second kappa shape index (κ2) is 5.86. The van der Waals surface area contributed by atoms with Gasteiger partial charge in [0, 0.05) is 31.8 Å². The van der Waals surface area contributed by atoms with Crippen molar-refractivity contribution in [1.29, 1.82) is 0 Å². The number of hydrogen-bond acceptors (Lipinski definition) is 3. The summed E-state index contributed by atoms with van der Waals surface area (Å²) < 4.78 is 29.3. The first-order valence-electron chi connectivity index (χ1n) is 8.44. The van der Waals surface area contributed by atoms with Crippen LogP contribution in [0.25, 0.3) is 11.0 Å². The third kappa shape index (κ3) is 2.64. The van der Waals surface area contributed by atoms with Crippen molar-refractivity contribution in [3.63, 3.8) is 0 Å². The van der Waals surface area contributed by atoms with Gasteiger partial charge < -0.3 is 4.90 Å². The van der Waals surface area contributed by atoms with Crippen molar-refractivity contribution in [3.05, 3.63) is 52.9 Å². The number of aromatic nitrogens is 3. The molecule has 2 heterocycles. The molecule has 7 heteroatoms. The number of pyridine rings is 1. The maximum absolute atomic E-state index is 14.1. The van der Waals surface area contributed by atoms with Crippen molar-refractivity contribution >= 4 is 22.6 Å². The number of carbonyl (C=O) groups is 1. The molecular formula is C19H18F2N4O. The molecule has 1 aromatic carbocycles. The second-order valence-corrected chi connectivity index (χ2v) is 6.74. The highest BCUT2D eigenvalue weighted by Gasteiger charge is 2.29. The molecule has 2 aromatic heterocycles. The van der Waals surface area contributed by atoms with E-state index in [4.69, 9.17) is 0 Å². The van der Waals surface area contributed by atoms with Crippen molar-refractivity contribution in [2.75, 3.05) is 11.9 Å². The minimum absolute atomic E-state index is 0.102. The molecule has 1 saturated carbocycles. The van der Waals surface area contributed by atoms with Crippen LogP contribution in [-0.4, -0.2) is 27.7 Å². The van der Waals surface area contributed by atoms with Gasteiger partial charge in [0.25, 0.3) is 5.91 Å². The number of aryl methyl sites for hydroxylation is 2. The Morgan fingerprint density at radius 2 is 2.00 bits per heavy atom. The van der Waals surface area contributed by atoms with Gasteiger partial charge in [-0.15, -0.1) is 0 Å². The van der Waals surface area contributed by atoms with E-state index in [9.17, 15) is 13.6 Å². The lowest BCUT2D eigenvalue weighted by atomic mass is 10.1. The van der Waals surface area contributed by atoms with Gasteiger partial charge in [-0.25, -0.2) is 13.8 Å². The maximum Gasteiger partial charge on any atom is 0.258 e. The molecule has 4 rings (SSSR count). The first-order chi connectivity index (χ1) is 12.4.